The summed E-state index contributed by atoms with van der Waals surface area (Å²) in [4.78, 5) is 0. The minimum absolute atomic E-state index is 0.282. The molecule has 1 aliphatic carbocycles. The molecule has 86 valence electrons. The van der Waals surface area contributed by atoms with E-state index < -0.39 is 23.5 Å². The lowest BCUT2D eigenvalue weighted by atomic mass is 9.99. The number of hydrogen-bond donors (Lipinski definition) is 1. The second-order valence-electron chi connectivity index (χ2n) is 3.95. The highest BCUT2D eigenvalue weighted by Crippen LogP contribution is 2.29. The highest BCUT2D eigenvalue weighted by Gasteiger charge is 2.18. The van der Waals surface area contributed by atoms with Gasteiger partial charge in [0.05, 0.1) is 6.04 Å². The zero-order chi connectivity index (χ0) is 11.7. The number of benzene rings is 1. The number of nitrogens with two attached hydrogens (primary N) is 1. The molecule has 0 aliphatic heterocycles. The smallest absolute Gasteiger partial charge is 0.194 e. The fourth-order valence-corrected chi connectivity index (χ4v) is 1.95. The minimum Gasteiger partial charge on any atom is -0.321 e. The first kappa shape index (κ1) is 11.2. The van der Waals surface area contributed by atoms with E-state index in [9.17, 15) is 13.2 Å². The van der Waals surface area contributed by atoms with Crippen molar-refractivity contribution in [3.63, 3.8) is 0 Å². The van der Waals surface area contributed by atoms with Crippen LogP contribution < -0.4 is 5.73 Å². The van der Waals surface area contributed by atoms with Gasteiger partial charge in [-0.15, -0.1) is 0 Å². The summed E-state index contributed by atoms with van der Waals surface area (Å²) in [5.74, 6) is -3.83. The third-order valence-corrected chi connectivity index (χ3v) is 2.84. The summed E-state index contributed by atoms with van der Waals surface area (Å²) in [7, 11) is 0. The van der Waals surface area contributed by atoms with Crippen LogP contribution in [0.1, 0.15) is 30.9 Å². The van der Waals surface area contributed by atoms with E-state index in [2.05, 4.69) is 0 Å². The molecule has 0 aromatic heterocycles. The van der Waals surface area contributed by atoms with Gasteiger partial charge in [0.25, 0.3) is 0 Å². The van der Waals surface area contributed by atoms with Gasteiger partial charge < -0.3 is 5.73 Å². The largest absolute Gasteiger partial charge is 0.321 e. The first-order valence-electron chi connectivity index (χ1n) is 5.18. The molecule has 16 heavy (non-hydrogen) atoms. The van der Waals surface area contributed by atoms with Crippen molar-refractivity contribution in [2.24, 2.45) is 5.73 Å². The second kappa shape index (κ2) is 4.29. The summed E-state index contributed by atoms with van der Waals surface area (Å²) < 4.78 is 38.7. The van der Waals surface area contributed by atoms with Crippen molar-refractivity contribution in [1.82, 2.24) is 0 Å². The summed E-state index contributed by atoms with van der Waals surface area (Å²) in [6.45, 7) is 0. The molecular weight excluding hydrogens is 215 g/mol. The molecule has 0 amide bonds. The van der Waals surface area contributed by atoms with Crippen molar-refractivity contribution < 1.29 is 13.2 Å². The Kier molecular flexibility index (Phi) is 3.01. The van der Waals surface area contributed by atoms with Crippen molar-refractivity contribution in [2.45, 2.75) is 25.3 Å². The maximum absolute atomic E-state index is 13.0. The van der Waals surface area contributed by atoms with E-state index in [1.807, 2.05) is 6.08 Å². The SMILES string of the molecule is NC(C1=CCCC1)c1cc(F)c(F)c(F)c1. The van der Waals surface area contributed by atoms with Gasteiger partial charge in [-0.3, -0.25) is 0 Å². The van der Waals surface area contributed by atoms with E-state index in [4.69, 9.17) is 5.73 Å². The Morgan fingerprint density at radius 2 is 1.75 bits per heavy atom. The average molecular weight is 227 g/mol. The molecule has 1 aromatic carbocycles. The number of allylic oxidation sites excluding steroid dienone is 1. The van der Waals surface area contributed by atoms with Gasteiger partial charge in [0.1, 0.15) is 0 Å². The first-order valence-corrected chi connectivity index (χ1v) is 5.18. The third kappa shape index (κ3) is 1.97. The lowest BCUT2D eigenvalue weighted by Gasteiger charge is -2.14. The van der Waals surface area contributed by atoms with Crippen LogP contribution in [0.25, 0.3) is 0 Å². The molecule has 1 nitrogen and oxygen atoms in total. The lowest BCUT2D eigenvalue weighted by molar-refractivity contribution is 0.444. The van der Waals surface area contributed by atoms with E-state index in [-0.39, 0.29) is 5.56 Å². The molecule has 1 aromatic rings. The van der Waals surface area contributed by atoms with Crippen molar-refractivity contribution in [1.29, 1.82) is 0 Å². The van der Waals surface area contributed by atoms with Crippen LogP contribution in [-0.4, -0.2) is 0 Å². The lowest BCUT2D eigenvalue weighted by Crippen LogP contribution is -2.13. The number of rotatable bonds is 2. The summed E-state index contributed by atoms with van der Waals surface area (Å²) >= 11 is 0. The van der Waals surface area contributed by atoms with Crippen molar-refractivity contribution >= 4 is 0 Å². The molecule has 2 rings (SSSR count). The van der Waals surface area contributed by atoms with Gasteiger partial charge in [0.15, 0.2) is 17.5 Å². The van der Waals surface area contributed by atoms with Crippen LogP contribution in [0.4, 0.5) is 13.2 Å². The van der Waals surface area contributed by atoms with Crippen molar-refractivity contribution in [2.75, 3.05) is 0 Å². The van der Waals surface area contributed by atoms with E-state index in [0.29, 0.717) is 0 Å². The maximum atomic E-state index is 13.0. The van der Waals surface area contributed by atoms with Crippen LogP contribution in [0.2, 0.25) is 0 Å². The molecule has 4 heteroatoms. The average Bonchev–Trinajstić information content (AvgIpc) is 2.77. The quantitative estimate of drug-likeness (QED) is 0.609. The molecular formula is C12H12F3N. The molecule has 1 atom stereocenters. The number of hydrogen-bond acceptors (Lipinski definition) is 1. The Balaban J connectivity index is 2.33. The fourth-order valence-electron chi connectivity index (χ4n) is 1.95. The monoisotopic (exact) mass is 227 g/mol. The van der Waals surface area contributed by atoms with Gasteiger partial charge >= 0.3 is 0 Å². The normalized spacial score (nSPS) is 17.4. The maximum Gasteiger partial charge on any atom is 0.194 e. The summed E-state index contributed by atoms with van der Waals surface area (Å²) in [6.07, 6.45) is 4.76. The van der Waals surface area contributed by atoms with Gasteiger partial charge in [-0.2, -0.15) is 0 Å². The first-order chi connectivity index (χ1) is 7.59. The molecule has 1 unspecified atom stereocenters. The summed E-state index contributed by atoms with van der Waals surface area (Å²) in [6, 6.07) is 1.39. The highest BCUT2D eigenvalue weighted by atomic mass is 19.2. The Bertz CT molecular complexity index is 417. The van der Waals surface area contributed by atoms with Gasteiger partial charge in [0.2, 0.25) is 0 Å². The summed E-state index contributed by atoms with van der Waals surface area (Å²) in [5.41, 5.74) is 7.11. The van der Waals surface area contributed by atoms with Crippen LogP contribution in [0.15, 0.2) is 23.8 Å². The third-order valence-electron chi connectivity index (χ3n) is 2.84. The Hall–Kier alpha value is -1.29. The zero-order valence-electron chi connectivity index (χ0n) is 8.64. The molecule has 0 heterocycles. The van der Waals surface area contributed by atoms with E-state index in [1.165, 1.54) is 0 Å². The minimum atomic E-state index is -1.45. The van der Waals surface area contributed by atoms with E-state index in [0.717, 1.165) is 37.0 Å². The Labute approximate surface area is 91.8 Å². The molecule has 2 N–H and O–H groups in total. The van der Waals surface area contributed by atoms with Crippen LogP contribution in [0.3, 0.4) is 0 Å². The molecule has 0 bridgehead atoms. The molecule has 0 saturated carbocycles. The molecule has 0 radical (unpaired) electrons. The highest BCUT2D eigenvalue weighted by molar-refractivity contribution is 5.30. The summed E-state index contributed by atoms with van der Waals surface area (Å²) in [5, 5.41) is 0. The second-order valence-corrected chi connectivity index (χ2v) is 3.95. The van der Waals surface area contributed by atoms with Crippen molar-refractivity contribution in [3.05, 3.63) is 46.8 Å². The molecule has 1 aliphatic rings. The standard InChI is InChI=1S/C12H12F3N/c13-9-5-8(6-10(14)11(9)15)12(16)7-3-1-2-4-7/h3,5-6,12H,1-2,4,16H2. The predicted octanol–water partition coefficient (Wildman–Crippen LogP) is 3.21. The van der Waals surface area contributed by atoms with Crippen LogP contribution in [-0.2, 0) is 0 Å². The van der Waals surface area contributed by atoms with Gasteiger partial charge in [-0.1, -0.05) is 11.6 Å². The van der Waals surface area contributed by atoms with Crippen molar-refractivity contribution in [3.8, 4) is 0 Å². The molecule has 0 saturated heterocycles. The van der Waals surface area contributed by atoms with Crippen LogP contribution in [0, 0.1) is 17.5 Å². The van der Waals surface area contributed by atoms with Crippen LogP contribution in [0.5, 0.6) is 0 Å². The fraction of sp³-hybridized carbons (Fsp3) is 0.333. The van der Waals surface area contributed by atoms with E-state index in [1.54, 1.807) is 0 Å². The van der Waals surface area contributed by atoms with Gasteiger partial charge in [-0.05, 0) is 37.0 Å². The molecule has 0 spiro atoms. The van der Waals surface area contributed by atoms with E-state index >= 15 is 0 Å². The zero-order valence-corrected chi connectivity index (χ0v) is 8.64. The Morgan fingerprint density at radius 1 is 1.12 bits per heavy atom. The Morgan fingerprint density at radius 3 is 2.25 bits per heavy atom. The topological polar surface area (TPSA) is 26.0 Å². The number of halogens is 3. The predicted molar refractivity (Wildman–Crippen MR) is 55.2 cm³/mol. The van der Waals surface area contributed by atoms with Gasteiger partial charge in [-0.25, -0.2) is 13.2 Å². The van der Waals surface area contributed by atoms with Gasteiger partial charge in [0, 0.05) is 0 Å². The van der Waals surface area contributed by atoms with Crippen LogP contribution >= 0.6 is 0 Å². The molecule has 0 fully saturated rings.